The normalized spacial score (nSPS) is 25.4. The lowest BCUT2D eigenvalue weighted by Crippen LogP contribution is -2.46. The quantitative estimate of drug-likeness (QED) is 0.664. The molecule has 1 saturated carbocycles. The Labute approximate surface area is 108 Å². The lowest BCUT2D eigenvalue weighted by molar-refractivity contribution is -0.144. The van der Waals surface area contributed by atoms with E-state index >= 15 is 0 Å². The van der Waals surface area contributed by atoms with Crippen molar-refractivity contribution in [1.29, 1.82) is 0 Å². The number of carboxylic acids is 1. The van der Waals surface area contributed by atoms with Crippen LogP contribution in [0.3, 0.4) is 0 Å². The minimum absolute atomic E-state index is 0.0402. The van der Waals surface area contributed by atoms with Gasteiger partial charge in [-0.15, -0.1) is 0 Å². The molecule has 0 aromatic rings. The summed E-state index contributed by atoms with van der Waals surface area (Å²) in [6, 6.07) is -0.205. The summed E-state index contributed by atoms with van der Waals surface area (Å²) in [7, 11) is 0. The van der Waals surface area contributed by atoms with E-state index in [0.29, 0.717) is 13.0 Å². The first-order valence-corrected chi connectivity index (χ1v) is 6.79. The smallest absolute Gasteiger partial charge is 0.308 e. The molecule has 3 atom stereocenters. The summed E-state index contributed by atoms with van der Waals surface area (Å²) in [6.07, 6.45) is 4.94. The molecule has 104 valence electrons. The molecule has 5 nitrogen and oxygen atoms in total. The molecule has 18 heavy (non-hydrogen) atoms. The Bertz CT molecular complexity index is 294. The second-order valence-corrected chi connectivity index (χ2v) is 5.18. The fraction of sp³-hybridized carbons (Fsp3) is 0.846. The Hall–Kier alpha value is -1.10. The van der Waals surface area contributed by atoms with Crippen LogP contribution in [-0.4, -0.2) is 29.6 Å². The van der Waals surface area contributed by atoms with Gasteiger partial charge in [0.2, 0.25) is 5.91 Å². The number of amides is 1. The number of nitrogens with one attached hydrogen (secondary N) is 1. The van der Waals surface area contributed by atoms with Gasteiger partial charge in [-0.2, -0.15) is 0 Å². The maximum Gasteiger partial charge on any atom is 0.308 e. The zero-order chi connectivity index (χ0) is 13.5. The number of hydrogen-bond acceptors (Lipinski definition) is 3. The van der Waals surface area contributed by atoms with E-state index in [1.54, 1.807) is 0 Å². The van der Waals surface area contributed by atoms with Crippen LogP contribution in [0.25, 0.3) is 0 Å². The van der Waals surface area contributed by atoms with Gasteiger partial charge in [0.05, 0.1) is 5.92 Å². The van der Waals surface area contributed by atoms with Crippen LogP contribution in [0.4, 0.5) is 0 Å². The first-order chi connectivity index (χ1) is 8.56. The summed E-state index contributed by atoms with van der Waals surface area (Å²) < 4.78 is 0. The van der Waals surface area contributed by atoms with Crippen molar-refractivity contribution in [2.75, 3.05) is 6.54 Å². The molecule has 3 unspecified atom stereocenters. The van der Waals surface area contributed by atoms with Crippen LogP contribution in [0.2, 0.25) is 0 Å². The lowest BCUT2D eigenvalue weighted by atomic mass is 9.84. The molecule has 0 radical (unpaired) electrons. The SMILES string of the molecule is CC(CCCN)C(=O)NC1CCCCC1C(=O)O. The Morgan fingerprint density at radius 1 is 1.39 bits per heavy atom. The molecule has 0 saturated heterocycles. The molecule has 1 amide bonds. The standard InChI is InChI=1S/C13H24N2O3/c1-9(5-4-8-14)12(16)15-11-7-3-2-6-10(11)13(17)18/h9-11H,2-8,14H2,1H3,(H,15,16)(H,17,18). The maximum absolute atomic E-state index is 11.9. The van der Waals surface area contributed by atoms with E-state index in [1.165, 1.54) is 0 Å². The number of carbonyl (C=O) groups excluding carboxylic acids is 1. The van der Waals surface area contributed by atoms with Gasteiger partial charge in [0, 0.05) is 12.0 Å². The Kier molecular flexibility index (Phi) is 6.12. The zero-order valence-corrected chi connectivity index (χ0v) is 11.0. The van der Waals surface area contributed by atoms with Crippen LogP contribution in [-0.2, 0) is 9.59 Å². The van der Waals surface area contributed by atoms with E-state index in [9.17, 15) is 9.59 Å². The zero-order valence-electron chi connectivity index (χ0n) is 11.0. The van der Waals surface area contributed by atoms with Gasteiger partial charge in [-0.3, -0.25) is 9.59 Å². The fourth-order valence-corrected chi connectivity index (χ4v) is 2.48. The Balaban J connectivity index is 2.48. The van der Waals surface area contributed by atoms with E-state index in [-0.39, 0.29) is 17.9 Å². The molecule has 0 bridgehead atoms. The third kappa shape index (κ3) is 4.29. The molecule has 0 aromatic carbocycles. The summed E-state index contributed by atoms with van der Waals surface area (Å²) in [5.41, 5.74) is 5.41. The van der Waals surface area contributed by atoms with Gasteiger partial charge in [0.15, 0.2) is 0 Å². The highest BCUT2D eigenvalue weighted by Crippen LogP contribution is 2.25. The second kappa shape index (κ2) is 7.36. The van der Waals surface area contributed by atoms with Crippen molar-refractivity contribution in [2.45, 2.75) is 51.5 Å². The van der Waals surface area contributed by atoms with Crippen LogP contribution < -0.4 is 11.1 Å². The van der Waals surface area contributed by atoms with Crippen LogP contribution in [0, 0.1) is 11.8 Å². The Morgan fingerprint density at radius 3 is 2.67 bits per heavy atom. The monoisotopic (exact) mass is 256 g/mol. The lowest BCUT2D eigenvalue weighted by Gasteiger charge is -2.30. The number of carboxylic acid groups (broad SMARTS) is 1. The van der Waals surface area contributed by atoms with Gasteiger partial charge in [0.25, 0.3) is 0 Å². The van der Waals surface area contributed by atoms with Crippen LogP contribution in [0.15, 0.2) is 0 Å². The van der Waals surface area contributed by atoms with Gasteiger partial charge in [-0.05, 0) is 32.2 Å². The van der Waals surface area contributed by atoms with E-state index in [2.05, 4.69) is 5.32 Å². The van der Waals surface area contributed by atoms with Crippen LogP contribution in [0.5, 0.6) is 0 Å². The number of rotatable bonds is 6. The predicted octanol–water partition coefficient (Wildman–Crippen LogP) is 1.12. The van der Waals surface area contributed by atoms with Crippen molar-refractivity contribution in [3.05, 3.63) is 0 Å². The van der Waals surface area contributed by atoms with Crippen molar-refractivity contribution >= 4 is 11.9 Å². The van der Waals surface area contributed by atoms with Gasteiger partial charge < -0.3 is 16.2 Å². The second-order valence-electron chi connectivity index (χ2n) is 5.18. The summed E-state index contributed by atoms with van der Waals surface area (Å²) in [4.78, 5) is 23.1. The minimum atomic E-state index is -0.797. The molecule has 1 rings (SSSR count). The van der Waals surface area contributed by atoms with Crippen molar-refractivity contribution < 1.29 is 14.7 Å². The summed E-state index contributed by atoms with van der Waals surface area (Å²) in [6.45, 7) is 2.45. The van der Waals surface area contributed by atoms with Gasteiger partial charge in [-0.25, -0.2) is 0 Å². The molecule has 5 heteroatoms. The minimum Gasteiger partial charge on any atom is -0.481 e. The summed E-state index contributed by atoms with van der Waals surface area (Å²) in [5.74, 6) is -1.36. The summed E-state index contributed by atoms with van der Waals surface area (Å²) >= 11 is 0. The molecule has 4 N–H and O–H groups in total. The molecular weight excluding hydrogens is 232 g/mol. The van der Waals surface area contributed by atoms with E-state index in [1.807, 2.05) is 6.92 Å². The van der Waals surface area contributed by atoms with Gasteiger partial charge in [0.1, 0.15) is 0 Å². The molecule has 0 aliphatic heterocycles. The predicted molar refractivity (Wildman–Crippen MR) is 69.0 cm³/mol. The molecule has 1 fully saturated rings. The molecule has 1 aliphatic rings. The average Bonchev–Trinajstić information content (AvgIpc) is 2.36. The highest BCUT2D eigenvalue weighted by Gasteiger charge is 2.32. The molecular formula is C13H24N2O3. The fourth-order valence-electron chi connectivity index (χ4n) is 2.48. The molecule has 0 heterocycles. The highest BCUT2D eigenvalue weighted by atomic mass is 16.4. The number of carbonyl (C=O) groups is 2. The van der Waals surface area contributed by atoms with Crippen molar-refractivity contribution in [3.63, 3.8) is 0 Å². The topological polar surface area (TPSA) is 92.4 Å². The summed E-state index contributed by atoms with van der Waals surface area (Å²) in [5, 5.41) is 12.0. The molecule has 0 spiro atoms. The van der Waals surface area contributed by atoms with E-state index < -0.39 is 11.9 Å². The van der Waals surface area contributed by atoms with Crippen LogP contribution >= 0.6 is 0 Å². The molecule has 0 aromatic heterocycles. The molecule has 1 aliphatic carbocycles. The van der Waals surface area contributed by atoms with Gasteiger partial charge >= 0.3 is 5.97 Å². The van der Waals surface area contributed by atoms with Crippen molar-refractivity contribution in [1.82, 2.24) is 5.32 Å². The number of aliphatic carboxylic acids is 1. The first-order valence-electron chi connectivity index (χ1n) is 6.79. The average molecular weight is 256 g/mol. The highest BCUT2D eigenvalue weighted by molar-refractivity contribution is 5.80. The third-order valence-electron chi connectivity index (χ3n) is 3.70. The first kappa shape index (κ1) is 15.0. The maximum atomic E-state index is 11.9. The van der Waals surface area contributed by atoms with E-state index in [4.69, 9.17) is 10.8 Å². The van der Waals surface area contributed by atoms with Crippen molar-refractivity contribution in [3.8, 4) is 0 Å². The van der Waals surface area contributed by atoms with Gasteiger partial charge in [-0.1, -0.05) is 19.8 Å². The number of nitrogens with two attached hydrogens (primary N) is 1. The van der Waals surface area contributed by atoms with Crippen LogP contribution in [0.1, 0.15) is 45.4 Å². The van der Waals surface area contributed by atoms with E-state index in [0.717, 1.165) is 32.1 Å². The van der Waals surface area contributed by atoms with Crippen molar-refractivity contribution in [2.24, 2.45) is 17.6 Å². The Morgan fingerprint density at radius 2 is 2.06 bits per heavy atom. The largest absolute Gasteiger partial charge is 0.481 e. The number of hydrogen-bond donors (Lipinski definition) is 3. The third-order valence-corrected chi connectivity index (χ3v) is 3.70.